The predicted octanol–water partition coefficient (Wildman–Crippen LogP) is 4.89. The zero-order chi connectivity index (χ0) is 24.2. The van der Waals surface area contributed by atoms with Crippen molar-refractivity contribution in [3.63, 3.8) is 0 Å². The number of nitrogens with zero attached hydrogens (tertiary/aromatic N) is 1. The maximum atomic E-state index is 13.6. The first kappa shape index (κ1) is 22.9. The largest absolute Gasteiger partial charge is 0.497 e. The van der Waals surface area contributed by atoms with E-state index in [1.165, 1.54) is 12.0 Å². The molecule has 3 aromatic rings. The number of imide groups is 1. The van der Waals surface area contributed by atoms with Gasteiger partial charge in [0.1, 0.15) is 22.9 Å². The van der Waals surface area contributed by atoms with Crippen LogP contribution in [-0.4, -0.2) is 32.1 Å². The average molecular weight is 459 g/mol. The van der Waals surface area contributed by atoms with Gasteiger partial charge in [0, 0.05) is 6.07 Å². The lowest BCUT2D eigenvalue weighted by atomic mass is 10.0. The Morgan fingerprint density at radius 3 is 2.09 bits per heavy atom. The number of carbonyl (C=O) groups excluding carboxylic acids is 2. The SMILES string of the molecule is COc1ccc(NC2=C(c3ccc(OC(C)C)cc3)C(=O)N(c3ccccc3)C2=O)c(OC)c1. The maximum absolute atomic E-state index is 13.6. The van der Waals surface area contributed by atoms with Gasteiger partial charge in [-0.05, 0) is 55.8 Å². The van der Waals surface area contributed by atoms with Crippen LogP contribution in [0.15, 0.2) is 78.5 Å². The van der Waals surface area contributed by atoms with Gasteiger partial charge in [-0.1, -0.05) is 30.3 Å². The molecular weight excluding hydrogens is 432 g/mol. The van der Waals surface area contributed by atoms with Gasteiger partial charge < -0.3 is 19.5 Å². The van der Waals surface area contributed by atoms with Crippen LogP contribution in [0.5, 0.6) is 17.2 Å². The zero-order valence-electron chi connectivity index (χ0n) is 19.5. The quantitative estimate of drug-likeness (QED) is 0.485. The van der Waals surface area contributed by atoms with Crippen LogP contribution in [0.1, 0.15) is 19.4 Å². The molecule has 7 heteroatoms. The Labute approximate surface area is 198 Å². The summed E-state index contributed by atoms with van der Waals surface area (Å²) in [4.78, 5) is 28.3. The van der Waals surface area contributed by atoms with Crippen molar-refractivity contribution in [2.45, 2.75) is 20.0 Å². The molecule has 1 heterocycles. The van der Waals surface area contributed by atoms with Gasteiger partial charge in [0.05, 0.1) is 37.3 Å². The van der Waals surface area contributed by atoms with E-state index in [-0.39, 0.29) is 17.4 Å². The molecule has 0 atom stereocenters. The minimum Gasteiger partial charge on any atom is -0.497 e. The molecule has 0 saturated carbocycles. The smallest absolute Gasteiger partial charge is 0.282 e. The second-order valence-corrected chi connectivity index (χ2v) is 7.91. The van der Waals surface area contributed by atoms with E-state index in [0.717, 1.165) is 0 Å². The number of methoxy groups -OCH3 is 2. The van der Waals surface area contributed by atoms with Crippen LogP contribution in [-0.2, 0) is 9.59 Å². The van der Waals surface area contributed by atoms with E-state index in [9.17, 15) is 9.59 Å². The normalized spacial score (nSPS) is 13.5. The molecule has 1 aliphatic heterocycles. The number of nitrogens with one attached hydrogen (secondary N) is 1. The summed E-state index contributed by atoms with van der Waals surface area (Å²) < 4.78 is 16.5. The number of benzene rings is 3. The molecule has 1 N–H and O–H groups in total. The second-order valence-electron chi connectivity index (χ2n) is 7.91. The summed E-state index contributed by atoms with van der Waals surface area (Å²) in [5.41, 5.74) is 2.06. The highest BCUT2D eigenvalue weighted by Gasteiger charge is 2.40. The Balaban J connectivity index is 1.79. The molecule has 34 heavy (non-hydrogen) atoms. The number of carbonyl (C=O) groups is 2. The van der Waals surface area contributed by atoms with Crippen molar-refractivity contribution in [3.05, 3.63) is 84.1 Å². The number of para-hydroxylation sites is 1. The third kappa shape index (κ3) is 4.45. The molecule has 0 fully saturated rings. The Morgan fingerprint density at radius 2 is 1.47 bits per heavy atom. The summed E-state index contributed by atoms with van der Waals surface area (Å²) >= 11 is 0. The van der Waals surface area contributed by atoms with Crippen LogP contribution < -0.4 is 24.4 Å². The van der Waals surface area contributed by atoms with Crippen molar-refractivity contribution in [2.75, 3.05) is 24.4 Å². The molecule has 0 aromatic heterocycles. The lowest BCUT2D eigenvalue weighted by Crippen LogP contribution is -2.32. The van der Waals surface area contributed by atoms with Gasteiger partial charge in [-0.15, -0.1) is 0 Å². The van der Waals surface area contributed by atoms with E-state index in [0.29, 0.717) is 34.2 Å². The number of amides is 2. The van der Waals surface area contributed by atoms with Crippen LogP contribution in [0.3, 0.4) is 0 Å². The van der Waals surface area contributed by atoms with Crippen molar-refractivity contribution in [1.82, 2.24) is 0 Å². The molecule has 0 radical (unpaired) electrons. The standard InChI is InChI=1S/C27H26N2O5/c1-17(2)34-20-12-10-18(11-13-20)24-25(28-22-15-14-21(32-3)16-23(22)33-4)27(31)29(26(24)30)19-8-6-5-7-9-19/h5-17,28H,1-4H3. The highest BCUT2D eigenvalue weighted by atomic mass is 16.5. The average Bonchev–Trinajstić information content (AvgIpc) is 3.09. The summed E-state index contributed by atoms with van der Waals surface area (Å²) in [7, 11) is 3.09. The van der Waals surface area contributed by atoms with E-state index >= 15 is 0 Å². The second kappa shape index (κ2) is 9.70. The van der Waals surface area contributed by atoms with Crippen molar-refractivity contribution >= 4 is 28.8 Å². The molecule has 0 unspecified atom stereocenters. The Kier molecular flexibility index (Phi) is 6.54. The van der Waals surface area contributed by atoms with E-state index in [1.54, 1.807) is 73.8 Å². The maximum Gasteiger partial charge on any atom is 0.282 e. The molecule has 1 aliphatic rings. The van der Waals surface area contributed by atoms with E-state index in [4.69, 9.17) is 14.2 Å². The monoisotopic (exact) mass is 458 g/mol. The van der Waals surface area contributed by atoms with Gasteiger partial charge in [-0.3, -0.25) is 9.59 Å². The fraction of sp³-hybridized carbons (Fsp3) is 0.185. The number of hydrogen-bond acceptors (Lipinski definition) is 6. The summed E-state index contributed by atoms with van der Waals surface area (Å²) in [5.74, 6) is 0.903. The van der Waals surface area contributed by atoms with Gasteiger partial charge in [0.2, 0.25) is 0 Å². The van der Waals surface area contributed by atoms with Gasteiger partial charge in [-0.25, -0.2) is 4.90 Å². The Hall–Kier alpha value is -4.26. The summed E-state index contributed by atoms with van der Waals surface area (Å²) in [6.07, 6.45) is 0.0214. The Bertz CT molecular complexity index is 1230. The van der Waals surface area contributed by atoms with Crippen LogP contribution in [0.4, 0.5) is 11.4 Å². The number of hydrogen-bond donors (Lipinski definition) is 1. The lowest BCUT2D eigenvalue weighted by Gasteiger charge is -2.16. The molecule has 0 saturated heterocycles. The minimum absolute atomic E-state index is 0.0214. The highest BCUT2D eigenvalue weighted by molar-refractivity contribution is 6.46. The van der Waals surface area contributed by atoms with Crippen LogP contribution >= 0.6 is 0 Å². The topological polar surface area (TPSA) is 77.1 Å². The molecular formula is C27H26N2O5. The van der Waals surface area contributed by atoms with Crippen LogP contribution in [0, 0.1) is 0 Å². The fourth-order valence-corrected chi connectivity index (χ4v) is 3.73. The van der Waals surface area contributed by atoms with Gasteiger partial charge in [-0.2, -0.15) is 0 Å². The molecule has 0 bridgehead atoms. The summed E-state index contributed by atoms with van der Waals surface area (Å²) in [5, 5.41) is 3.14. The van der Waals surface area contributed by atoms with Crippen molar-refractivity contribution in [1.29, 1.82) is 0 Å². The molecule has 4 rings (SSSR count). The summed E-state index contributed by atoms with van der Waals surface area (Å²) in [6, 6.07) is 21.2. The summed E-state index contributed by atoms with van der Waals surface area (Å²) in [6.45, 7) is 3.88. The molecule has 174 valence electrons. The third-order valence-electron chi connectivity index (χ3n) is 5.28. The van der Waals surface area contributed by atoms with E-state index in [1.807, 2.05) is 19.9 Å². The Morgan fingerprint density at radius 1 is 0.794 bits per heavy atom. The third-order valence-corrected chi connectivity index (χ3v) is 5.28. The number of anilines is 2. The molecule has 2 amide bonds. The van der Waals surface area contributed by atoms with Crippen molar-refractivity contribution < 1.29 is 23.8 Å². The number of rotatable bonds is 8. The lowest BCUT2D eigenvalue weighted by molar-refractivity contribution is -0.120. The molecule has 0 aliphatic carbocycles. The first-order valence-corrected chi connectivity index (χ1v) is 10.9. The molecule has 0 spiro atoms. The highest BCUT2D eigenvalue weighted by Crippen LogP contribution is 2.37. The van der Waals surface area contributed by atoms with E-state index in [2.05, 4.69) is 5.32 Å². The van der Waals surface area contributed by atoms with Gasteiger partial charge in [0.15, 0.2) is 0 Å². The van der Waals surface area contributed by atoms with Crippen molar-refractivity contribution in [2.24, 2.45) is 0 Å². The van der Waals surface area contributed by atoms with Gasteiger partial charge >= 0.3 is 0 Å². The molecule has 7 nitrogen and oxygen atoms in total. The van der Waals surface area contributed by atoms with Crippen molar-refractivity contribution in [3.8, 4) is 17.2 Å². The molecule has 3 aromatic carbocycles. The first-order valence-electron chi connectivity index (χ1n) is 10.9. The minimum atomic E-state index is -0.452. The van der Waals surface area contributed by atoms with Crippen LogP contribution in [0.25, 0.3) is 5.57 Å². The van der Waals surface area contributed by atoms with Crippen LogP contribution in [0.2, 0.25) is 0 Å². The first-order chi connectivity index (χ1) is 16.4. The predicted molar refractivity (Wildman–Crippen MR) is 131 cm³/mol. The van der Waals surface area contributed by atoms with E-state index < -0.39 is 11.8 Å². The fourth-order valence-electron chi connectivity index (χ4n) is 3.73. The zero-order valence-corrected chi connectivity index (χ0v) is 19.5. The van der Waals surface area contributed by atoms with Gasteiger partial charge in [0.25, 0.3) is 11.8 Å². The number of ether oxygens (including phenoxy) is 3.